The lowest BCUT2D eigenvalue weighted by atomic mass is 10.2. The molecule has 0 aliphatic carbocycles. The van der Waals surface area contributed by atoms with Gasteiger partial charge in [-0.25, -0.2) is 9.78 Å². The number of carbonyl (C=O) groups is 2. The van der Waals surface area contributed by atoms with Crippen molar-refractivity contribution in [2.24, 2.45) is 0 Å². The highest BCUT2D eigenvalue weighted by Gasteiger charge is 2.24. The Balaban J connectivity index is 1.74. The van der Waals surface area contributed by atoms with Crippen molar-refractivity contribution in [2.75, 3.05) is 5.32 Å². The summed E-state index contributed by atoms with van der Waals surface area (Å²) in [6.07, 6.45) is 0.644. The van der Waals surface area contributed by atoms with Crippen LogP contribution < -0.4 is 5.32 Å². The van der Waals surface area contributed by atoms with Crippen molar-refractivity contribution in [3.05, 3.63) is 59.4 Å². The molecule has 7 heteroatoms. The monoisotopic (exact) mass is 358 g/mol. The number of fused-ring (bicyclic) bond motifs is 1. The second kappa shape index (κ2) is 7.36. The van der Waals surface area contributed by atoms with E-state index in [0.717, 1.165) is 0 Å². The van der Waals surface area contributed by atoms with Crippen LogP contribution in [-0.4, -0.2) is 23.0 Å². The number of nitrogens with one attached hydrogen (secondary N) is 1. The number of benzene rings is 2. The van der Waals surface area contributed by atoms with E-state index in [2.05, 4.69) is 10.3 Å². The van der Waals surface area contributed by atoms with E-state index < -0.39 is 18.0 Å². The Morgan fingerprint density at radius 2 is 2.08 bits per heavy atom. The van der Waals surface area contributed by atoms with Gasteiger partial charge >= 0.3 is 5.97 Å². The minimum Gasteiger partial charge on any atom is -0.449 e. The number of aromatic nitrogens is 1. The van der Waals surface area contributed by atoms with E-state index in [1.165, 1.54) is 6.39 Å². The summed E-state index contributed by atoms with van der Waals surface area (Å²) in [5.74, 6) is -1.06. The maximum Gasteiger partial charge on any atom is 0.341 e. The van der Waals surface area contributed by atoms with Crippen LogP contribution in [0.5, 0.6) is 0 Å². The Morgan fingerprint density at radius 1 is 1.28 bits per heavy atom. The number of anilines is 1. The molecule has 0 spiro atoms. The van der Waals surface area contributed by atoms with Gasteiger partial charge in [0.1, 0.15) is 5.52 Å². The van der Waals surface area contributed by atoms with E-state index in [1.807, 2.05) is 0 Å². The number of hydrogen-bond acceptors (Lipinski definition) is 5. The summed E-state index contributed by atoms with van der Waals surface area (Å²) in [4.78, 5) is 28.8. The molecule has 3 aromatic rings. The zero-order valence-electron chi connectivity index (χ0n) is 13.4. The van der Waals surface area contributed by atoms with Crippen molar-refractivity contribution in [1.29, 1.82) is 0 Å². The van der Waals surface area contributed by atoms with E-state index in [0.29, 0.717) is 28.2 Å². The van der Waals surface area contributed by atoms with Gasteiger partial charge in [-0.2, -0.15) is 0 Å². The Bertz CT molecular complexity index is 922. The van der Waals surface area contributed by atoms with Gasteiger partial charge in [0.15, 0.2) is 18.1 Å². The quantitative estimate of drug-likeness (QED) is 0.696. The lowest BCUT2D eigenvalue weighted by Gasteiger charge is -2.16. The Labute approximate surface area is 148 Å². The molecule has 1 unspecified atom stereocenters. The summed E-state index contributed by atoms with van der Waals surface area (Å²) in [5, 5.41) is 3.19. The van der Waals surface area contributed by atoms with Gasteiger partial charge in [0.25, 0.3) is 5.91 Å². The first-order valence-electron chi connectivity index (χ1n) is 7.68. The Morgan fingerprint density at radius 3 is 2.84 bits per heavy atom. The van der Waals surface area contributed by atoms with Crippen LogP contribution in [-0.2, 0) is 9.53 Å². The van der Waals surface area contributed by atoms with Crippen LogP contribution in [0.15, 0.2) is 53.3 Å². The maximum absolute atomic E-state index is 12.4. The maximum atomic E-state index is 12.4. The second-order valence-electron chi connectivity index (χ2n) is 5.31. The number of hydrogen-bond donors (Lipinski definition) is 1. The SMILES string of the molecule is CCC(OC(=O)c1cccc2ocnc12)C(=O)Nc1cccc(Cl)c1. The Hall–Kier alpha value is -2.86. The van der Waals surface area contributed by atoms with Gasteiger partial charge in [0, 0.05) is 10.7 Å². The number of oxazole rings is 1. The van der Waals surface area contributed by atoms with Gasteiger partial charge in [-0.3, -0.25) is 4.79 Å². The van der Waals surface area contributed by atoms with Crippen molar-refractivity contribution in [3.63, 3.8) is 0 Å². The molecule has 1 aromatic heterocycles. The molecule has 1 N–H and O–H groups in total. The van der Waals surface area contributed by atoms with Crippen molar-refractivity contribution in [3.8, 4) is 0 Å². The summed E-state index contributed by atoms with van der Waals surface area (Å²) in [6.45, 7) is 1.76. The van der Waals surface area contributed by atoms with Crippen LogP contribution in [0.2, 0.25) is 5.02 Å². The molecule has 0 saturated carbocycles. The van der Waals surface area contributed by atoms with Gasteiger partial charge < -0.3 is 14.5 Å². The molecule has 1 heterocycles. The van der Waals surface area contributed by atoms with Crippen LogP contribution in [0.4, 0.5) is 5.69 Å². The number of nitrogens with zero attached hydrogens (tertiary/aromatic N) is 1. The predicted molar refractivity (Wildman–Crippen MR) is 93.6 cm³/mol. The number of esters is 1. The average molecular weight is 359 g/mol. The molecule has 0 aliphatic heterocycles. The Kier molecular flexibility index (Phi) is 5.00. The molecule has 1 atom stereocenters. The van der Waals surface area contributed by atoms with Crippen molar-refractivity contribution in [2.45, 2.75) is 19.4 Å². The van der Waals surface area contributed by atoms with Crippen LogP contribution in [0.25, 0.3) is 11.1 Å². The second-order valence-corrected chi connectivity index (χ2v) is 5.74. The minimum atomic E-state index is -0.936. The van der Waals surface area contributed by atoms with E-state index in [1.54, 1.807) is 49.4 Å². The van der Waals surface area contributed by atoms with Gasteiger partial charge in [-0.1, -0.05) is 30.7 Å². The van der Waals surface area contributed by atoms with Crippen LogP contribution in [0, 0.1) is 0 Å². The van der Waals surface area contributed by atoms with Gasteiger partial charge in [-0.15, -0.1) is 0 Å². The number of rotatable bonds is 5. The molecule has 3 rings (SSSR count). The van der Waals surface area contributed by atoms with E-state index in [4.69, 9.17) is 20.8 Å². The zero-order chi connectivity index (χ0) is 17.8. The molecule has 1 amide bonds. The topological polar surface area (TPSA) is 81.4 Å². The fraction of sp³-hybridized carbons (Fsp3) is 0.167. The zero-order valence-corrected chi connectivity index (χ0v) is 14.1. The molecule has 0 radical (unpaired) electrons. The van der Waals surface area contributed by atoms with E-state index in [9.17, 15) is 9.59 Å². The highest BCUT2D eigenvalue weighted by atomic mass is 35.5. The molecule has 128 valence electrons. The summed E-state index contributed by atoms with van der Waals surface area (Å²) in [6, 6.07) is 11.7. The first-order chi connectivity index (χ1) is 12.1. The molecule has 0 aliphatic rings. The first-order valence-corrected chi connectivity index (χ1v) is 8.06. The summed E-state index contributed by atoms with van der Waals surface area (Å²) >= 11 is 5.90. The third-order valence-electron chi connectivity index (χ3n) is 3.59. The van der Waals surface area contributed by atoms with Crippen molar-refractivity contribution >= 4 is 40.3 Å². The third kappa shape index (κ3) is 3.80. The normalized spacial score (nSPS) is 11.9. The number of ether oxygens (including phenoxy) is 1. The lowest BCUT2D eigenvalue weighted by molar-refractivity contribution is -0.124. The summed E-state index contributed by atoms with van der Waals surface area (Å²) in [5.41, 5.74) is 1.66. The van der Waals surface area contributed by atoms with Crippen molar-refractivity contribution in [1.82, 2.24) is 4.98 Å². The number of amides is 1. The highest BCUT2D eigenvalue weighted by molar-refractivity contribution is 6.30. The standard InChI is InChI=1S/C18H15ClN2O4/c1-2-14(17(22)21-12-6-3-5-11(19)9-12)25-18(23)13-7-4-8-15-16(13)20-10-24-15/h3-10,14H,2H2,1H3,(H,21,22). The minimum absolute atomic E-state index is 0.250. The number of carbonyl (C=O) groups excluding carboxylic acids is 2. The van der Waals surface area contributed by atoms with E-state index in [-0.39, 0.29) is 5.56 Å². The molecule has 25 heavy (non-hydrogen) atoms. The molecule has 0 bridgehead atoms. The van der Waals surface area contributed by atoms with Crippen LogP contribution >= 0.6 is 11.6 Å². The molecular weight excluding hydrogens is 344 g/mol. The van der Waals surface area contributed by atoms with Gasteiger partial charge in [-0.05, 0) is 36.8 Å². The van der Waals surface area contributed by atoms with Gasteiger partial charge in [0.2, 0.25) is 0 Å². The predicted octanol–water partition coefficient (Wildman–Crippen LogP) is 4.06. The molecule has 0 saturated heterocycles. The van der Waals surface area contributed by atoms with Crippen LogP contribution in [0.3, 0.4) is 0 Å². The largest absolute Gasteiger partial charge is 0.449 e. The third-order valence-corrected chi connectivity index (χ3v) is 3.82. The van der Waals surface area contributed by atoms with Crippen molar-refractivity contribution < 1.29 is 18.7 Å². The number of para-hydroxylation sites is 1. The summed E-state index contributed by atoms with van der Waals surface area (Å²) in [7, 11) is 0. The molecule has 6 nitrogen and oxygen atoms in total. The smallest absolute Gasteiger partial charge is 0.341 e. The fourth-order valence-electron chi connectivity index (χ4n) is 2.36. The van der Waals surface area contributed by atoms with Crippen LogP contribution in [0.1, 0.15) is 23.7 Å². The lowest BCUT2D eigenvalue weighted by Crippen LogP contribution is -2.32. The summed E-state index contributed by atoms with van der Waals surface area (Å²) < 4.78 is 10.5. The van der Waals surface area contributed by atoms with E-state index >= 15 is 0 Å². The number of halogens is 1. The fourth-order valence-corrected chi connectivity index (χ4v) is 2.55. The first kappa shape index (κ1) is 17.0. The average Bonchev–Trinajstić information content (AvgIpc) is 3.08. The molecule has 2 aromatic carbocycles. The highest BCUT2D eigenvalue weighted by Crippen LogP contribution is 2.20. The van der Waals surface area contributed by atoms with Gasteiger partial charge in [0.05, 0.1) is 5.56 Å². The molecular formula is C18H15ClN2O4. The molecule has 0 fully saturated rings.